The van der Waals surface area contributed by atoms with Crippen LogP contribution < -0.4 is 0 Å². The second-order valence-corrected chi connectivity index (χ2v) is 5.44. The summed E-state index contributed by atoms with van der Waals surface area (Å²) in [4.78, 5) is 15.3. The lowest BCUT2D eigenvalue weighted by molar-refractivity contribution is -0.141. The highest BCUT2D eigenvalue weighted by atomic mass is 19.4. The van der Waals surface area contributed by atoms with Gasteiger partial charge >= 0.3 is 18.0 Å². The van der Waals surface area contributed by atoms with E-state index >= 15 is 0 Å². The van der Waals surface area contributed by atoms with Gasteiger partial charge in [0.2, 0.25) is 0 Å². The minimum atomic E-state index is -4.47. The molecule has 10 heteroatoms. The Balaban J connectivity index is 1.70. The molecule has 0 saturated heterocycles. The van der Waals surface area contributed by atoms with Crippen LogP contribution in [0, 0.1) is 0 Å². The molecule has 130 valence electrons. The summed E-state index contributed by atoms with van der Waals surface area (Å²) in [5, 5.41) is 7.27. The molecule has 0 aromatic carbocycles. The average Bonchev–Trinajstić information content (AvgIpc) is 3.09. The van der Waals surface area contributed by atoms with Crippen LogP contribution in [0.25, 0.3) is 0 Å². The molecule has 7 nitrogen and oxygen atoms in total. The minimum absolute atomic E-state index is 0.119. The van der Waals surface area contributed by atoms with Gasteiger partial charge in [-0.05, 0) is 25.8 Å². The molecule has 0 N–H and O–H groups in total. The fraction of sp³-hybridized carbons (Fsp3) is 0.571. The molecule has 2 heterocycles. The zero-order valence-corrected chi connectivity index (χ0v) is 12.8. The molecule has 0 spiro atoms. The zero-order valence-electron chi connectivity index (χ0n) is 12.8. The Morgan fingerprint density at radius 3 is 2.83 bits per heavy atom. The van der Waals surface area contributed by atoms with E-state index < -0.39 is 17.8 Å². The van der Waals surface area contributed by atoms with E-state index in [0.717, 1.165) is 18.9 Å². The first-order valence-corrected chi connectivity index (χ1v) is 7.53. The maximum atomic E-state index is 12.8. The summed E-state index contributed by atoms with van der Waals surface area (Å²) in [6, 6.07) is 1.10. The van der Waals surface area contributed by atoms with Gasteiger partial charge in [-0.1, -0.05) is 5.16 Å². The van der Waals surface area contributed by atoms with Crippen LogP contribution in [-0.4, -0.2) is 32.5 Å². The predicted molar refractivity (Wildman–Crippen MR) is 73.2 cm³/mol. The van der Waals surface area contributed by atoms with Crippen molar-refractivity contribution in [2.24, 2.45) is 0 Å². The van der Waals surface area contributed by atoms with Gasteiger partial charge in [0.15, 0.2) is 11.5 Å². The highest BCUT2D eigenvalue weighted by Crippen LogP contribution is 2.42. The maximum absolute atomic E-state index is 12.8. The van der Waals surface area contributed by atoms with E-state index in [-0.39, 0.29) is 37.2 Å². The number of nitrogens with zero attached hydrogens (tertiary/aromatic N) is 4. The van der Waals surface area contributed by atoms with Gasteiger partial charge in [-0.2, -0.15) is 23.3 Å². The molecule has 1 saturated carbocycles. The number of esters is 1. The summed E-state index contributed by atoms with van der Waals surface area (Å²) in [5.41, 5.74) is -0.332. The summed E-state index contributed by atoms with van der Waals surface area (Å²) in [6.07, 6.45) is -2.56. The van der Waals surface area contributed by atoms with Crippen molar-refractivity contribution in [1.29, 1.82) is 0 Å². The van der Waals surface area contributed by atoms with Crippen molar-refractivity contribution < 1.29 is 27.2 Å². The molecule has 0 aliphatic heterocycles. The molecule has 0 unspecified atom stereocenters. The lowest BCUT2D eigenvalue weighted by Crippen LogP contribution is -2.11. The molecule has 1 aliphatic rings. The molecule has 0 radical (unpaired) electrons. The molecular formula is C14H15F3N4O3. The van der Waals surface area contributed by atoms with Gasteiger partial charge in [-0.25, -0.2) is 4.79 Å². The van der Waals surface area contributed by atoms with E-state index in [9.17, 15) is 18.0 Å². The van der Waals surface area contributed by atoms with E-state index in [0.29, 0.717) is 5.69 Å². The number of carbonyl (C=O) groups is 1. The number of carbonyl (C=O) groups excluding carboxylic acids is 1. The molecule has 1 fully saturated rings. The van der Waals surface area contributed by atoms with E-state index in [1.807, 2.05) is 0 Å². The van der Waals surface area contributed by atoms with Crippen LogP contribution in [0.3, 0.4) is 0 Å². The molecule has 0 atom stereocenters. The van der Waals surface area contributed by atoms with Crippen LogP contribution in [-0.2, 0) is 23.9 Å². The van der Waals surface area contributed by atoms with Crippen molar-refractivity contribution in [1.82, 2.24) is 19.9 Å². The van der Waals surface area contributed by atoms with Crippen LogP contribution in [0.5, 0.6) is 0 Å². The molecule has 24 heavy (non-hydrogen) atoms. The average molecular weight is 344 g/mol. The molecule has 3 rings (SSSR count). The van der Waals surface area contributed by atoms with Crippen molar-refractivity contribution in [2.45, 2.75) is 44.8 Å². The zero-order chi connectivity index (χ0) is 17.3. The third kappa shape index (κ3) is 3.57. The molecular weight excluding hydrogens is 329 g/mol. The minimum Gasteiger partial charge on any atom is -0.459 e. The number of aromatic nitrogens is 4. The number of hydrogen-bond donors (Lipinski definition) is 0. The van der Waals surface area contributed by atoms with Crippen LogP contribution in [0.4, 0.5) is 13.2 Å². The topological polar surface area (TPSA) is 83.0 Å². The summed E-state index contributed by atoms with van der Waals surface area (Å²) in [6.45, 7) is 1.99. The van der Waals surface area contributed by atoms with Crippen LogP contribution in [0.15, 0.2) is 10.6 Å². The van der Waals surface area contributed by atoms with Gasteiger partial charge in [-0.3, -0.25) is 4.68 Å². The van der Waals surface area contributed by atoms with E-state index in [4.69, 9.17) is 9.26 Å². The quantitative estimate of drug-likeness (QED) is 0.749. The highest BCUT2D eigenvalue weighted by molar-refractivity contribution is 5.83. The van der Waals surface area contributed by atoms with E-state index in [1.54, 1.807) is 6.92 Å². The Bertz CT molecular complexity index is 734. The van der Waals surface area contributed by atoms with Crippen molar-refractivity contribution in [3.8, 4) is 0 Å². The van der Waals surface area contributed by atoms with Gasteiger partial charge in [0.1, 0.15) is 0 Å². The third-order valence-corrected chi connectivity index (χ3v) is 3.56. The molecule has 0 amide bonds. The smallest absolute Gasteiger partial charge is 0.435 e. The predicted octanol–water partition coefficient (Wildman–Crippen LogP) is 2.58. The SMILES string of the molecule is CCOC(=O)c1nc(CCn2nc(C(F)(F)F)cc2C2CC2)no1. The summed E-state index contributed by atoms with van der Waals surface area (Å²) < 4.78 is 49.3. The Morgan fingerprint density at radius 2 is 2.21 bits per heavy atom. The molecule has 2 aromatic rings. The summed E-state index contributed by atoms with van der Waals surface area (Å²) in [5.74, 6) is -0.670. The fourth-order valence-corrected chi connectivity index (χ4v) is 2.29. The van der Waals surface area contributed by atoms with Crippen LogP contribution in [0.2, 0.25) is 0 Å². The van der Waals surface area contributed by atoms with E-state index in [2.05, 4.69) is 15.2 Å². The van der Waals surface area contributed by atoms with Crippen LogP contribution >= 0.6 is 0 Å². The van der Waals surface area contributed by atoms with Crippen molar-refractivity contribution >= 4 is 5.97 Å². The van der Waals surface area contributed by atoms with Crippen LogP contribution in [0.1, 0.15) is 53.6 Å². The largest absolute Gasteiger partial charge is 0.459 e. The number of ether oxygens (including phenoxy) is 1. The second-order valence-electron chi connectivity index (χ2n) is 5.44. The van der Waals surface area contributed by atoms with Gasteiger partial charge in [0, 0.05) is 24.6 Å². The van der Waals surface area contributed by atoms with Crippen molar-refractivity contribution in [3.05, 3.63) is 29.2 Å². The Hall–Kier alpha value is -2.39. The van der Waals surface area contributed by atoms with Gasteiger partial charge < -0.3 is 9.26 Å². The summed E-state index contributed by atoms with van der Waals surface area (Å²) in [7, 11) is 0. The Morgan fingerprint density at radius 1 is 1.46 bits per heavy atom. The first-order valence-electron chi connectivity index (χ1n) is 7.53. The number of hydrogen-bond acceptors (Lipinski definition) is 6. The monoisotopic (exact) mass is 344 g/mol. The number of alkyl halides is 3. The third-order valence-electron chi connectivity index (χ3n) is 3.56. The maximum Gasteiger partial charge on any atom is 0.435 e. The fourth-order valence-electron chi connectivity index (χ4n) is 2.29. The normalized spacial score (nSPS) is 14.8. The highest BCUT2D eigenvalue weighted by Gasteiger charge is 2.37. The Labute approximate surface area is 134 Å². The van der Waals surface area contributed by atoms with Crippen molar-refractivity contribution in [2.75, 3.05) is 6.61 Å². The van der Waals surface area contributed by atoms with Gasteiger partial charge in [0.25, 0.3) is 0 Å². The van der Waals surface area contributed by atoms with Gasteiger partial charge in [0.05, 0.1) is 6.61 Å². The molecule has 1 aliphatic carbocycles. The standard InChI is InChI=1S/C14H15F3N4O3/c1-2-23-13(22)12-18-11(20-24-12)5-6-21-9(8-3-4-8)7-10(19-21)14(15,16)17/h7-8H,2-6H2,1H3. The number of rotatable bonds is 6. The van der Waals surface area contributed by atoms with E-state index in [1.165, 1.54) is 4.68 Å². The first-order chi connectivity index (χ1) is 11.4. The Kier molecular flexibility index (Phi) is 4.29. The lowest BCUT2D eigenvalue weighted by atomic mass is 10.2. The second kappa shape index (κ2) is 6.25. The number of halogens is 3. The van der Waals surface area contributed by atoms with Gasteiger partial charge in [-0.15, -0.1) is 0 Å². The number of aryl methyl sites for hydroxylation is 2. The summed E-state index contributed by atoms with van der Waals surface area (Å²) >= 11 is 0. The van der Waals surface area contributed by atoms with Crippen molar-refractivity contribution in [3.63, 3.8) is 0 Å². The molecule has 0 bridgehead atoms. The molecule has 2 aromatic heterocycles. The lowest BCUT2D eigenvalue weighted by Gasteiger charge is -2.04. The first kappa shape index (κ1) is 16.5.